The van der Waals surface area contributed by atoms with Crippen LogP contribution in [0.25, 0.3) is 0 Å². The zero-order valence-electron chi connectivity index (χ0n) is 10.4. The lowest BCUT2D eigenvalue weighted by Gasteiger charge is -2.21. The Morgan fingerprint density at radius 1 is 1.24 bits per heavy atom. The maximum absolute atomic E-state index is 12.2. The van der Waals surface area contributed by atoms with E-state index in [2.05, 4.69) is 0 Å². The van der Waals surface area contributed by atoms with Gasteiger partial charge in [0.15, 0.2) is 5.78 Å². The number of methoxy groups -OCH3 is 1. The van der Waals surface area contributed by atoms with E-state index >= 15 is 0 Å². The fourth-order valence-electron chi connectivity index (χ4n) is 2.64. The first-order valence-corrected chi connectivity index (χ1v) is 6.47. The number of ether oxygens (including phenoxy) is 1. The molecule has 0 spiro atoms. The molecule has 2 heteroatoms. The minimum Gasteiger partial charge on any atom is -0.496 e. The van der Waals surface area contributed by atoms with Gasteiger partial charge in [0, 0.05) is 6.42 Å². The molecule has 2 nitrogen and oxygen atoms in total. The first kappa shape index (κ1) is 12.2. The highest BCUT2D eigenvalue weighted by Gasteiger charge is 2.19. The second-order valence-electron chi connectivity index (χ2n) is 4.83. The Morgan fingerprint density at radius 2 is 1.94 bits per heavy atom. The van der Waals surface area contributed by atoms with Crippen LogP contribution in [-0.4, -0.2) is 12.9 Å². The van der Waals surface area contributed by atoms with Crippen LogP contribution in [0.4, 0.5) is 0 Å². The van der Waals surface area contributed by atoms with Gasteiger partial charge in [-0.1, -0.05) is 44.2 Å². The molecular formula is C15H20O2. The average Bonchev–Trinajstić information content (AvgIpc) is 2.40. The second kappa shape index (κ2) is 5.85. The summed E-state index contributed by atoms with van der Waals surface area (Å²) in [5.74, 6) is 1.52. The molecule has 0 amide bonds. The van der Waals surface area contributed by atoms with E-state index in [1.165, 1.54) is 32.1 Å². The van der Waals surface area contributed by atoms with E-state index in [0.717, 1.165) is 5.56 Å². The van der Waals surface area contributed by atoms with E-state index in [-0.39, 0.29) is 5.78 Å². The number of hydrogen-bond acceptors (Lipinski definition) is 2. The van der Waals surface area contributed by atoms with Gasteiger partial charge in [0.25, 0.3) is 0 Å². The third kappa shape index (κ3) is 3.09. The zero-order chi connectivity index (χ0) is 12.1. The molecule has 1 aliphatic carbocycles. The van der Waals surface area contributed by atoms with Crippen molar-refractivity contribution in [2.75, 3.05) is 7.11 Å². The van der Waals surface area contributed by atoms with Crippen LogP contribution in [0.15, 0.2) is 24.3 Å². The van der Waals surface area contributed by atoms with E-state index < -0.39 is 0 Å². The molecule has 1 aliphatic rings. The summed E-state index contributed by atoms with van der Waals surface area (Å²) in [6, 6.07) is 7.52. The maximum atomic E-state index is 12.2. The summed E-state index contributed by atoms with van der Waals surface area (Å²) >= 11 is 0. The number of carbonyl (C=O) groups excluding carboxylic acids is 1. The van der Waals surface area contributed by atoms with Gasteiger partial charge in [-0.05, 0) is 18.1 Å². The monoisotopic (exact) mass is 232 g/mol. The Kier molecular flexibility index (Phi) is 4.18. The van der Waals surface area contributed by atoms with Crippen LogP contribution in [0.1, 0.15) is 48.9 Å². The molecular weight excluding hydrogens is 212 g/mol. The molecule has 0 radical (unpaired) electrons. The van der Waals surface area contributed by atoms with Crippen LogP contribution >= 0.6 is 0 Å². The van der Waals surface area contributed by atoms with Gasteiger partial charge in [-0.15, -0.1) is 0 Å². The van der Waals surface area contributed by atoms with Crippen LogP contribution in [0.3, 0.4) is 0 Å². The van der Waals surface area contributed by atoms with Gasteiger partial charge in [-0.2, -0.15) is 0 Å². The van der Waals surface area contributed by atoms with Crippen molar-refractivity contribution in [2.24, 2.45) is 5.92 Å². The molecule has 0 saturated heterocycles. The van der Waals surface area contributed by atoms with Crippen LogP contribution in [0.2, 0.25) is 0 Å². The van der Waals surface area contributed by atoms with Crippen LogP contribution in [0.5, 0.6) is 5.75 Å². The largest absolute Gasteiger partial charge is 0.496 e. The van der Waals surface area contributed by atoms with E-state index in [4.69, 9.17) is 4.74 Å². The Hall–Kier alpha value is -1.31. The van der Waals surface area contributed by atoms with Crippen molar-refractivity contribution in [3.63, 3.8) is 0 Å². The summed E-state index contributed by atoms with van der Waals surface area (Å²) in [6.45, 7) is 0. The minimum atomic E-state index is 0.231. The number of carbonyl (C=O) groups is 1. The topological polar surface area (TPSA) is 26.3 Å². The van der Waals surface area contributed by atoms with Gasteiger partial charge in [0.05, 0.1) is 12.7 Å². The van der Waals surface area contributed by atoms with Crippen molar-refractivity contribution < 1.29 is 9.53 Å². The summed E-state index contributed by atoms with van der Waals surface area (Å²) in [5.41, 5.74) is 0.737. The van der Waals surface area contributed by atoms with E-state index in [0.29, 0.717) is 18.1 Å². The Balaban J connectivity index is 2.03. The molecule has 1 aromatic rings. The molecule has 1 aromatic carbocycles. The Morgan fingerprint density at radius 3 is 2.65 bits per heavy atom. The molecule has 0 bridgehead atoms. The highest BCUT2D eigenvalue weighted by molar-refractivity contribution is 5.98. The van der Waals surface area contributed by atoms with Gasteiger partial charge < -0.3 is 4.74 Å². The molecule has 0 heterocycles. The first-order valence-electron chi connectivity index (χ1n) is 6.47. The highest BCUT2D eigenvalue weighted by atomic mass is 16.5. The van der Waals surface area contributed by atoms with Crippen LogP contribution < -0.4 is 4.74 Å². The molecule has 0 aromatic heterocycles. The lowest BCUT2D eigenvalue weighted by molar-refractivity contribution is 0.0947. The van der Waals surface area contributed by atoms with Crippen molar-refractivity contribution >= 4 is 5.78 Å². The van der Waals surface area contributed by atoms with Gasteiger partial charge in [0.1, 0.15) is 5.75 Å². The summed E-state index contributed by atoms with van der Waals surface area (Å²) in [7, 11) is 1.62. The average molecular weight is 232 g/mol. The van der Waals surface area contributed by atoms with Crippen LogP contribution in [-0.2, 0) is 0 Å². The fourth-order valence-corrected chi connectivity index (χ4v) is 2.64. The fraction of sp³-hybridized carbons (Fsp3) is 0.533. The van der Waals surface area contributed by atoms with E-state index in [1.54, 1.807) is 7.11 Å². The van der Waals surface area contributed by atoms with Crippen LogP contribution in [0, 0.1) is 5.92 Å². The number of hydrogen-bond donors (Lipinski definition) is 0. The molecule has 0 N–H and O–H groups in total. The molecule has 1 fully saturated rings. The van der Waals surface area contributed by atoms with Crippen molar-refractivity contribution in [1.29, 1.82) is 0 Å². The van der Waals surface area contributed by atoms with Gasteiger partial charge in [-0.25, -0.2) is 0 Å². The third-order valence-corrected chi connectivity index (χ3v) is 3.61. The van der Waals surface area contributed by atoms with Gasteiger partial charge in [0.2, 0.25) is 0 Å². The number of para-hydroxylation sites is 1. The molecule has 1 saturated carbocycles. The van der Waals surface area contributed by atoms with E-state index in [9.17, 15) is 4.79 Å². The third-order valence-electron chi connectivity index (χ3n) is 3.61. The summed E-state index contributed by atoms with van der Waals surface area (Å²) in [6.07, 6.45) is 7.00. The number of Topliss-reactive ketones (excluding diaryl/α,β-unsaturated/α-hetero) is 1. The smallest absolute Gasteiger partial charge is 0.166 e. The number of benzene rings is 1. The van der Waals surface area contributed by atoms with Gasteiger partial charge in [-0.3, -0.25) is 4.79 Å². The first-order chi connectivity index (χ1) is 8.31. The lowest BCUT2D eigenvalue weighted by Crippen LogP contribution is -2.12. The quantitative estimate of drug-likeness (QED) is 0.737. The molecule has 0 aliphatic heterocycles. The summed E-state index contributed by atoms with van der Waals surface area (Å²) < 4.78 is 5.23. The number of rotatable bonds is 4. The molecule has 0 atom stereocenters. The Bertz CT molecular complexity index is 378. The molecule has 0 unspecified atom stereocenters. The van der Waals surface area contributed by atoms with E-state index in [1.807, 2.05) is 24.3 Å². The van der Waals surface area contributed by atoms with Crippen molar-refractivity contribution in [2.45, 2.75) is 38.5 Å². The lowest BCUT2D eigenvalue weighted by atomic mass is 9.84. The summed E-state index contributed by atoms with van der Waals surface area (Å²) in [5, 5.41) is 0. The standard InChI is InChI=1S/C15H20O2/c1-17-15-10-6-5-9-13(15)14(16)11-12-7-3-2-4-8-12/h5-6,9-10,12H,2-4,7-8,11H2,1H3. The maximum Gasteiger partial charge on any atom is 0.166 e. The van der Waals surface area contributed by atoms with Crippen molar-refractivity contribution in [3.05, 3.63) is 29.8 Å². The predicted octanol–water partition coefficient (Wildman–Crippen LogP) is 3.85. The zero-order valence-corrected chi connectivity index (χ0v) is 10.4. The second-order valence-corrected chi connectivity index (χ2v) is 4.83. The van der Waals surface area contributed by atoms with Crippen molar-refractivity contribution in [1.82, 2.24) is 0 Å². The van der Waals surface area contributed by atoms with Gasteiger partial charge >= 0.3 is 0 Å². The number of ketones is 1. The Labute approximate surface area is 103 Å². The molecule has 17 heavy (non-hydrogen) atoms. The molecule has 92 valence electrons. The molecule has 2 rings (SSSR count). The summed E-state index contributed by atoms with van der Waals surface area (Å²) in [4.78, 5) is 12.2. The normalized spacial score (nSPS) is 16.8. The predicted molar refractivity (Wildman–Crippen MR) is 68.5 cm³/mol. The minimum absolute atomic E-state index is 0.231. The highest BCUT2D eigenvalue weighted by Crippen LogP contribution is 2.29. The SMILES string of the molecule is COc1ccccc1C(=O)CC1CCCCC1. The van der Waals surface area contributed by atoms with Crippen molar-refractivity contribution in [3.8, 4) is 5.75 Å².